The van der Waals surface area contributed by atoms with Gasteiger partial charge in [0.2, 0.25) is 5.82 Å². The van der Waals surface area contributed by atoms with Crippen molar-refractivity contribution in [1.29, 1.82) is 0 Å². The maximum absolute atomic E-state index is 14.2. The normalized spacial score (nSPS) is 13.4. The fourth-order valence-electron chi connectivity index (χ4n) is 2.34. The number of amides is 1. The van der Waals surface area contributed by atoms with Crippen molar-refractivity contribution < 1.29 is 9.18 Å². The zero-order valence-corrected chi connectivity index (χ0v) is 16.6. The van der Waals surface area contributed by atoms with Gasteiger partial charge in [0.25, 0.3) is 5.91 Å². The van der Waals surface area contributed by atoms with Gasteiger partial charge in [-0.05, 0) is 25.0 Å². The Morgan fingerprint density at radius 1 is 1.31 bits per heavy atom. The van der Waals surface area contributed by atoms with Gasteiger partial charge in [0.1, 0.15) is 17.3 Å². The fraction of sp³-hybridized carbons (Fsp3) is 0.500. The van der Waals surface area contributed by atoms with E-state index in [2.05, 4.69) is 15.4 Å². The van der Waals surface area contributed by atoms with Crippen LogP contribution in [-0.2, 0) is 0 Å². The van der Waals surface area contributed by atoms with Gasteiger partial charge in [-0.25, -0.2) is 14.1 Å². The molecule has 0 saturated carbocycles. The van der Waals surface area contributed by atoms with E-state index in [1.165, 1.54) is 10.7 Å². The van der Waals surface area contributed by atoms with Crippen LogP contribution in [0.25, 0.3) is 5.69 Å². The SMILES string of the molecule is CC(C)c1nc(C(=O)NC(C)(CN)C(C)C)nn1-c1ccccc1F.Cl. The van der Waals surface area contributed by atoms with Crippen molar-refractivity contribution in [2.75, 3.05) is 6.54 Å². The smallest absolute Gasteiger partial charge is 0.291 e. The molecular formula is C18H27ClFN5O. The molecule has 1 aromatic carbocycles. The molecule has 6 nitrogen and oxygen atoms in total. The van der Waals surface area contributed by atoms with E-state index in [1.807, 2.05) is 34.6 Å². The Hall–Kier alpha value is -1.99. The molecule has 0 aliphatic carbocycles. The van der Waals surface area contributed by atoms with Crippen LogP contribution in [0, 0.1) is 11.7 Å². The van der Waals surface area contributed by atoms with Crippen molar-refractivity contribution in [3.8, 4) is 5.69 Å². The molecule has 0 spiro atoms. The number of para-hydroxylation sites is 1. The first-order chi connectivity index (χ1) is 11.7. The minimum absolute atomic E-state index is 0. The van der Waals surface area contributed by atoms with Gasteiger partial charge in [0, 0.05) is 12.5 Å². The van der Waals surface area contributed by atoms with Crippen LogP contribution in [0.3, 0.4) is 0 Å². The van der Waals surface area contributed by atoms with Gasteiger partial charge in [-0.2, -0.15) is 0 Å². The maximum Gasteiger partial charge on any atom is 0.291 e. The molecule has 8 heteroatoms. The number of carbonyl (C=O) groups excluding carboxylic acids is 1. The Balaban J connectivity index is 0.00000338. The van der Waals surface area contributed by atoms with Crippen molar-refractivity contribution >= 4 is 18.3 Å². The summed E-state index contributed by atoms with van der Waals surface area (Å²) in [5.74, 6) is -0.199. The number of nitrogens with zero attached hydrogens (tertiary/aromatic N) is 3. The lowest BCUT2D eigenvalue weighted by Crippen LogP contribution is -2.55. The van der Waals surface area contributed by atoms with Crippen molar-refractivity contribution in [2.24, 2.45) is 11.7 Å². The summed E-state index contributed by atoms with van der Waals surface area (Å²) < 4.78 is 15.5. The Kier molecular flexibility index (Phi) is 7.29. The second-order valence-corrected chi connectivity index (χ2v) is 7.04. The predicted molar refractivity (Wildman–Crippen MR) is 102 cm³/mol. The summed E-state index contributed by atoms with van der Waals surface area (Å²) in [7, 11) is 0. The number of halogens is 2. The molecule has 0 saturated heterocycles. The van der Waals surface area contributed by atoms with Crippen LogP contribution in [0.1, 0.15) is 57.0 Å². The molecule has 0 aliphatic heterocycles. The Morgan fingerprint density at radius 2 is 1.92 bits per heavy atom. The third-order valence-corrected chi connectivity index (χ3v) is 4.53. The summed E-state index contributed by atoms with van der Waals surface area (Å²) >= 11 is 0. The first-order valence-electron chi connectivity index (χ1n) is 8.44. The number of nitrogens with two attached hydrogens (primary N) is 1. The highest BCUT2D eigenvalue weighted by atomic mass is 35.5. The molecule has 1 unspecified atom stereocenters. The second-order valence-electron chi connectivity index (χ2n) is 7.04. The first-order valence-corrected chi connectivity index (χ1v) is 8.44. The number of hydrogen-bond donors (Lipinski definition) is 2. The summed E-state index contributed by atoms with van der Waals surface area (Å²) in [5, 5.41) is 7.16. The van der Waals surface area contributed by atoms with Crippen LogP contribution in [0.15, 0.2) is 24.3 Å². The molecule has 1 amide bonds. The zero-order valence-electron chi connectivity index (χ0n) is 15.8. The van der Waals surface area contributed by atoms with E-state index in [-0.39, 0.29) is 35.8 Å². The molecule has 3 N–H and O–H groups in total. The Labute approximate surface area is 159 Å². The topological polar surface area (TPSA) is 85.8 Å². The molecule has 2 rings (SSSR count). The number of nitrogens with one attached hydrogen (secondary N) is 1. The number of carbonyl (C=O) groups is 1. The maximum atomic E-state index is 14.2. The molecule has 0 bridgehead atoms. The summed E-state index contributed by atoms with van der Waals surface area (Å²) in [6.45, 7) is 9.98. The van der Waals surface area contributed by atoms with Crippen molar-refractivity contribution in [2.45, 2.75) is 46.1 Å². The van der Waals surface area contributed by atoms with E-state index in [4.69, 9.17) is 5.73 Å². The van der Waals surface area contributed by atoms with E-state index >= 15 is 0 Å². The number of aromatic nitrogens is 3. The number of hydrogen-bond acceptors (Lipinski definition) is 4. The molecule has 144 valence electrons. The van der Waals surface area contributed by atoms with Crippen molar-refractivity contribution in [3.63, 3.8) is 0 Å². The summed E-state index contributed by atoms with van der Waals surface area (Å²) in [4.78, 5) is 17.0. The van der Waals surface area contributed by atoms with E-state index in [0.29, 0.717) is 12.4 Å². The number of rotatable bonds is 6. The van der Waals surface area contributed by atoms with Crippen LogP contribution in [0.5, 0.6) is 0 Å². The first kappa shape index (κ1) is 22.1. The minimum Gasteiger partial charge on any atom is -0.343 e. The van der Waals surface area contributed by atoms with Gasteiger partial charge in [0.15, 0.2) is 0 Å². The lowest BCUT2D eigenvalue weighted by Gasteiger charge is -2.33. The van der Waals surface area contributed by atoms with E-state index < -0.39 is 17.3 Å². The molecule has 1 heterocycles. The summed E-state index contributed by atoms with van der Waals surface area (Å²) in [6, 6.07) is 6.28. The van der Waals surface area contributed by atoms with Crippen molar-refractivity contribution in [3.05, 3.63) is 41.7 Å². The van der Waals surface area contributed by atoms with Crippen LogP contribution in [0.4, 0.5) is 4.39 Å². The predicted octanol–water partition coefficient (Wildman–Crippen LogP) is 3.05. The standard InChI is InChI=1S/C18H26FN5O.ClH/c1-11(2)16-21-15(17(25)22-18(5,10-20)12(3)4)23-24(16)14-9-7-6-8-13(14)19;/h6-9,11-12H,10,20H2,1-5H3,(H,22,25);1H. The average molecular weight is 384 g/mol. The lowest BCUT2D eigenvalue weighted by molar-refractivity contribution is 0.0872. The highest BCUT2D eigenvalue weighted by Crippen LogP contribution is 2.20. The summed E-state index contributed by atoms with van der Waals surface area (Å²) in [6.07, 6.45) is 0. The van der Waals surface area contributed by atoms with Gasteiger partial charge >= 0.3 is 0 Å². The molecular weight excluding hydrogens is 357 g/mol. The highest BCUT2D eigenvalue weighted by Gasteiger charge is 2.31. The van der Waals surface area contributed by atoms with Gasteiger partial charge < -0.3 is 11.1 Å². The molecule has 1 atom stereocenters. The Bertz CT molecular complexity index is 762. The van der Waals surface area contributed by atoms with Crippen LogP contribution in [0.2, 0.25) is 0 Å². The monoisotopic (exact) mass is 383 g/mol. The van der Waals surface area contributed by atoms with Crippen molar-refractivity contribution in [1.82, 2.24) is 20.1 Å². The average Bonchev–Trinajstić information content (AvgIpc) is 3.00. The quantitative estimate of drug-likeness (QED) is 0.802. The summed E-state index contributed by atoms with van der Waals surface area (Å²) in [5.41, 5.74) is 5.51. The minimum atomic E-state index is -0.571. The zero-order chi connectivity index (χ0) is 18.8. The molecule has 0 fully saturated rings. The molecule has 1 aromatic heterocycles. The number of benzene rings is 1. The van der Waals surface area contributed by atoms with Crippen LogP contribution >= 0.6 is 12.4 Å². The Morgan fingerprint density at radius 3 is 2.42 bits per heavy atom. The van der Waals surface area contributed by atoms with E-state index in [9.17, 15) is 9.18 Å². The van der Waals surface area contributed by atoms with Gasteiger partial charge in [-0.15, -0.1) is 17.5 Å². The third-order valence-electron chi connectivity index (χ3n) is 4.53. The van der Waals surface area contributed by atoms with Crippen LogP contribution in [-0.4, -0.2) is 32.8 Å². The highest BCUT2D eigenvalue weighted by molar-refractivity contribution is 5.91. The van der Waals surface area contributed by atoms with E-state index in [0.717, 1.165) is 0 Å². The van der Waals surface area contributed by atoms with Crippen LogP contribution < -0.4 is 11.1 Å². The van der Waals surface area contributed by atoms with E-state index in [1.54, 1.807) is 18.2 Å². The molecule has 0 radical (unpaired) electrons. The van der Waals surface area contributed by atoms with Gasteiger partial charge in [0.05, 0.1) is 5.54 Å². The third kappa shape index (κ3) is 4.40. The fourth-order valence-corrected chi connectivity index (χ4v) is 2.34. The molecule has 26 heavy (non-hydrogen) atoms. The largest absolute Gasteiger partial charge is 0.343 e. The van der Waals surface area contributed by atoms with Gasteiger partial charge in [-0.3, -0.25) is 4.79 Å². The molecule has 2 aromatic rings. The van der Waals surface area contributed by atoms with Gasteiger partial charge in [-0.1, -0.05) is 39.8 Å². The second kappa shape index (κ2) is 8.60. The molecule has 0 aliphatic rings. The lowest BCUT2D eigenvalue weighted by atomic mass is 9.88.